The molecule has 1 aliphatic heterocycles. The van der Waals surface area contributed by atoms with Gasteiger partial charge in [-0.3, -0.25) is 4.79 Å². The summed E-state index contributed by atoms with van der Waals surface area (Å²) in [5, 5.41) is 0.557. The largest absolute Gasteiger partial charge is 0.356 e. The van der Waals surface area contributed by atoms with E-state index in [2.05, 4.69) is 14.5 Å². The molecule has 0 saturated heterocycles. The number of amides is 1. The van der Waals surface area contributed by atoms with Gasteiger partial charge >= 0.3 is 0 Å². The van der Waals surface area contributed by atoms with E-state index < -0.39 is 0 Å². The zero-order valence-corrected chi connectivity index (χ0v) is 12.1. The molecule has 0 radical (unpaired) electrons. The molecule has 0 fully saturated rings. The average Bonchev–Trinajstić information content (AvgIpc) is 3.05. The maximum absolute atomic E-state index is 12.2. The summed E-state index contributed by atoms with van der Waals surface area (Å²) >= 11 is 5.83. The summed E-state index contributed by atoms with van der Waals surface area (Å²) < 4.78 is 2.18. The number of hydrogen-bond donors (Lipinski definition) is 1. The number of aromatic amines is 1. The van der Waals surface area contributed by atoms with Crippen molar-refractivity contribution < 1.29 is 4.79 Å². The Hall–Kier alpha value is -1.75. The third-order valence-corrected chi connectivity index (χ3v) is 4.03. The van der Waals surface area contributed by atoms with E-state index >= 15 is 0 Å². The van der Waals surface area contributed by atoms with Crippen LogP contribution >= 0.6 is 11.6 Å². The van der Waals surface area contributed by atoms with Crippen LogP contribution in [0.4, 0.5) is 0 Å². The van der Waals surface area contributed by atoms with Crippen molar-refractivity contribution in [3.63, 3.8) is 0 Å². The monoisotopic (exact) mass is 292 g/mol. The fourth-order valence-electron chi connectivity index (χ4n) is 2.74. The van der Waals surface area contributed by atoms with Gasteiger partial charge in [-0.15, -0.1) is 0 Å². The number of H-pyrrole nitrogens is 1. The van der Waals surface area contributed by atoms with Gasteiger partial charge in [0.05, 0.1) is 5.02 Å². The van der Waals surface area contributed by atoms with Crippen LogP contribution in [-0.2, 0) is 13.0 Å². The lowest BCUT2D eigenvalue weighted by molar-refractivity contribution is 0.0759. The Kier molecular flexibility index (Phi) is 3.53. The summed E-state index contributed by atoms with van der Waals surface area (Å²) in [4.78, 5) is 21.2. The number of halogens is 1. The van der Waals surface area contributed by atoms with E-state index in [-0.39, 0.29) is 5.91 Å². The van der Waals surface area contributed by atoms with E-state index in [1.54, 1.807) is 17.2 Å². The molecule has 0 aromatic carbocycles. The molecular weight excluding hydrogens is 276 g/mol. The zero-order chi connectivity index (χ0) is 14.1. The molecule has 2 aromatic heterocycles. The quantitative estimate of drug-likeness (QED) is 0.943. The van der Waals surface area contributed by atoms with Crippen LogP contribution in [0.25, 0.3) is 0 Å². The molecule has 0 aliphatic carbocycles. The maximum atomic E-state index is 12.2. The minimum absolute atomic E-state index is 0.0224. The predicted molar refractivity (Wildman–Crippen MR) is 76.8 cm³/mol. The van der Waals surface area contributed by atoms with Crippen LogP contribution in [0.15, 0.2) is 24.7 Å². The number of aryl methyl sites for hydroxylation is 1. The Labute approximate surface area is 122 Å². The Bertz CT molecular complexity index is 618. The highest BCUT2D eigenvalue weighted by molar-refractivity contribution is 6.30. The second-order valence-corrected chi connectivity index (χ2v) is 5.75. The van der Waals surface area contributed by atoms with Crippen molar-refractivity contribution in [1.82, 2.24) is 19.4 Å². The zero-order valence-electron chi connectivity index (χ0n) is 11.3. The summed E-state index contributed by atoms with van der Waals surface area (Å²) in [6, 6.07) is 1.66. The first-order valence-electron chi connectivity index (χ1n) is 6.73. The van der Waals surface area contributed by atoms with Crippen molar-refractivity contribution in [3.8, 4) is 0 Å². The first-order chi connectivity index (χ1) is 9.63. The van der Waals surface area contributed by atoms with Gasteiger partial charge in [0.1, 0.15) is 11.5 Å². The molecule has 20 heavy (non-hydrogen) atoms. The predicted octanol–water partition coefficient (Wildman–Crippen LogP) is 2.20. The molecule has 6 heteroatoms. The Morgan fingerprint density at radius 1 is 1.65 bits per heavy atom. The number of imidazole rings is 1. The molecule has 5 nitrogen and oxygen atoms in total. The van der Waals surface area contributed by atoms with Crippen molar-refractivity contribution in [1.29, 1.82) is 0 Å². The molecule has 1 atom stereocenters. The van der Waals surface area contributed by atoms with E-state index in [0.717, 1.165) is 31.8 Å². The Morgan fingerprint density at radius 3 is 3.25 bits per heavy atom. The number of fused-ring (bicyclic) bond motifs is 1. The van der Waals surface area contributed by atoms with Crippen LogP contribution in [0, 0.1) is 5.92 Å². The van der Waals surface area contributed by atoms with Gasteiger partial charge in [-0.1, -0.05) is 11.6 Å². The molecule has 1 N–H and O–H groups in total. The number of nitrogens with zero attached hydrogens (tertiary/aromatic N) is 3. The van der Waals surface area contributed by atoms with Gasteiger partial charge in [0, 0.05) is 45.1 Å². The van der Waals surface area contributed by atoms with Crippen molar-refractivity contribution in [2.24, 2.45) is 5.92 Å². The van der Waals surface area contributed by atoms with Crippen LogP contribution in [0.3, 0.4) is 0 Å². The van der Waals surface area contributed by atoms with Crippen molar-refractivity contribution in [2.75, 3.05) is 13.6 Å². The van der Waals surface area contributed by atoms with Crippen molar-refractivity contribution >= 4 is 17.5 Å². The second-order valence-electron chi connectivity index (χ2n) is 5.31. The lowest BCUT2D eigenvalue weighted by atomic mass is 9.97. The molecule has 106 valence electrons. The molecule has 1 aliphatic rings. The first kappa shape index (κ1) is 13.2. The van der Waals surface area contributed by atoms with Gasteiger partial charge in [-0.2, -0.15) is 0 Å². The number of rotatable bonds is 3. The first-order valence-corrected chi connectivity index (χ1v) is 7.10. The van der Waals surface area contributed by atoms with Gasteiger partial charge in [0.15, 0.2) is 0 Å². The molecule has 0 saturated carbocycles. The summed E-state index contributed by atoms with van der Waals surface area (Å²) in [6.45, 7) is 1.72. The van der Waals surface area contributed by atoms with Crippen molar-refractivity contribution in [2.45, 2.75) is 19.4 Å². The summed E-state index contributed by atoms with van der Waals surface area (Å²) in [5.41, 5.74) is 0.537. The van der Waals surface area contributed by atoms with Crippen LogP contribution in [-0.4, -0.2) is 38.9 Å². The van der Waals surface area contributed by atoms with E-state index in [1.165, 1.54) is 0 Å². The minimum atomic E-state index is -0.0224. The molecule has 1 amide bonds. The van der Waals surface area contributed by atoms with Crippen molar-refractivity contribution in [3.05, 3.63) is 41.2 Å². The summed E-state index contributed by atoms with van der Waals surface area (Å²) in [5.74, 6) is 1.56. The number of carbonyl (C=O) groups is 1. The highest BCUT2D eigenvalue weighted by Gasteiger charge is 2.23. The smallest absolute Gasteiger partial charge is 0.270 e. The highest BCUT2D eigenvalue weighted by atomic mass is 35.5. The molecule has 0 bridgehead atoms. The number of aromatic nitrogens is 3. The molecular formula is C14H17ClN4O. The third-order valence-electron chi connectivity index (χ3n) is 3.81. The molecule has 3 heterocycles. The van der Waals surface area contributed by atoms with E-state index in [1.807, 2.05) is 19.4 Å². The maximum Gasteiger partial charge on any atom is 0.270 e. The number of carbonyl (C=O) groups excluding carboxylic acids is 1. The highest BCUT2D eigenvalue weighted by Crippen LogP contribution is 2.20. The lowest BCUT2D eigenvalue weighted by Crippen LogP contribution is -2.35. The van der Waals surface area contributed by atoms with E-state index in [9.17, 15) is 4.79 Å². The molecule has 3 rings (SSSR count). The van der Waals surface area contributed by atoms with Crippen LogP contribution in [0.5, 0.6) is 0 Å². The molecule has 0 unspecified atom stereocenters. The Morgan fingerprint density at radius 2 is 2.50 bits per heavy atom. The molecule has 2 aromatic rings. The average molecular weight is 293 g/mol. The topological polar surface area (TPSA) is 53.9 Å². The lowest BCUT2D eigenvalue weighted by Gasteiger charge is -2.27. The number of nitrogens with one attached hydrogen (secondary N) is 1. The standard InChI is InChI=1S/C14H17ClN4O/c1-18(14(20)12-7-11(15)8-17-12)9-10-2-4-19-5-3-16-13(19)6-10/h3,5,7-8,10,17H,2,4,6,9H2,1H3/t10-/m0/s1. The van der Waals surface area contributed by atoms with Crippen LogP contribution < -0.4 is 0 Å². The fourth-order valence-corrected chi connectivity index (χ4v) is 2.90. The van der Waals surface area contributed by atoms with Gasteiger partial charge in [-0.25, -0.2) is 4.98 Å². The van der Waals surface area contributed by atoms with Gasteiger partial charge in [0.25, 0.3) is 5.91 Å². The normalized spacial score (nSPS) is 17.8. The third kappa shape index (κ3) is 2.58. The van der Waals surface area contributed by atoms with E-state index in [0.29, 0.717) is 16.6 Å². The summed E-state index contributed by atoms with van der Waals surface area (Å²) in [7, 11) is 1.83. The van der Waals surface area contributed by atoms with Gasteiger partial charge in [-0.05, 0) is 18.4 Å². The minimum Gasteiger partial charge on any atom is -0.356 e. The SMILES string of the molecule is CN(C[C@H]1CCn2ccnc2C1)C(=O)c1cc(Cl)c[nH]1. The van der Waals surface area contributed by atoms with Gasteiger partial charge < -0.3 is 14.5 Å². The van der Waals surface area contributed by atoms with Crippen LogP contribution in [0.2, 0.25) is 5.02 Å². The fraction of sp³-hybridized carbons (Fsp3) is 0.429. The van der Waals surface area contributed by atoms with E-state index in [4.69, 9.17) is 11.6 Å². The second kappa shape index (κ2) is 5.32. The van der Waals surface area contributed by atoms with Gasteiger partial charge in [0.2, 0.25) is 0 Å². The Balaban J connectivity index is 1.62. The summed E-state index contributed by atoms with van der Waals surface area (Å²) in [6.07, 6.45) is 7.48. The molecule has 0 spiro atoms. The van der Waals surface area contributed by atoms with Crippen LogP contribution in [0.1, 0.15) is 22.7 Å². The number of hydrogen-bond acceptors (Lipinski definition) is 2.